The van der Waals surface area contributed by atoms with E-state index in [-0.39, 0.29) is 12.8 Å². The zero-order valence-electron chi connectivity index (χ0n) is 13.5. The van der Waals surface area contributed by atoms with Crippen LogP contribution in [0.15, 0.2) is 6.20 Å². The van der Waals surface area contributed by atoms with Crippen molar-refractivity contribution in [3.63, 3.8) is 0 Å². The normalized spacial score (nSPS) is 28.6. The number of fused-ring (bicyclic) bond motifs is 4. The average Bonchev–Trinajstić information content (AvgIpc) is 3.11. The number of aliphatic hydroxyl groups is 3. The van der Waals surface area contributed by atoms with Crippen LogP contribution in [0.3, 0.4) is 0 Å². The summed E-state index contributed by atoms with van der Waals surface area (Å²) in [6.45, 7) is -0.637. The summed E-state index contributed by atoms with van der Waals surface area (Å²) < 4.78 is 13.1. The smallest absolute Gasteiger partial charge is 0.303 e. The molecule has 3 rings (SSSR count). The molecule has 3 heterocycles. The lowest BCUT2D eigenvalue weighted by molar-refractivity contribution is -0.208. The zero-order valence-corrected chi connectivity index (χ0v) is 13.5. The Labute approximate surface area is 143 Å². The minimum Gasteiger partial charge on any atom is -0.481 e. The number of nitrogens with zero attached hydrogens (tertiary/aromatic N) is 1. The van der Waals surface area contributed by atoms with Crippen LogP contribution < -0.4 is 0 Å². The summed E-state index contributed by atoms with van der Waals surface area (Å²) in [7, 11) is 0. The van der Waals surface area contributed by atoms with Crippen molar-refractivity contribution >= 4 is 12.3 Å². The molecule has 0 spiro atoms. The third-order valence-electron chi connectivity index (χ3n) is 4.71. The van der Waals surface area contributed by atoms with Crippen molar-refractivity contribution in [3.05, 3.63) is 23.0 Å². The van der Waals surface area contributed by atoms with Crippen molar-refractivity contribution < 1.29 is 39.5 Å². The fourth-order valence-electron chi connectivity index (χ4n) is 3.54. The topological polar surface area (TPSA) is 138 Å². The molecule has 0 aliphatic carbocycles. The van der Waals surface area contributed by atoms with Crippen molar-refractivity contribution in [3.8, 4) is 0 Å². The van der Waals surface area contributed by atoms with Gasteiger partial charge in [-0.3, -0.25) is 9.59 Å². The van der Waals surface area contributed by atoms with Crippen LogP contribution in [-0.2, 0) is 27.2 Å². The fraction of sp³-hybridized carbons (Fsp3) is 0.625. The van der Waals surface area contributed by atoms with E-state index in [1.165, 1.54) is 0 Å². The lowest BCUT2D eigenvalue weighted by Gasteiger charge is -2.29. The van der Waals surface area contributed by atoms with Crippen LogP contribution in [0.5, 0.6) is 0 Å². The Morgan fingerprint density at radius 3 is 2.80 bits per heavy atom. The number of aromatic nitrogens is 1. The Kier molecular flexibility index (Phi) is 4.94. The third-order valence-corrected chi connectivity index (χ3v) is 4.71. The van der Waals surface area contributed by atoms with Crippen LogP contribution in [0.2, 0.25) is 0 Å². The Bertz CT molecular complexity index is 671. The number of carbonyl (C=O) groups is 2. The Morgan fingerprint density at radius 1 is 1.44 bits per heavy atom. The highest BCUT2D eigenvalue weighted by Gasteiger charge is 2.55. The second-order valence-electron chi connectivity index (χ2n) is 6.37. The molecule has 2 bridgehead atoms. The van der Waals surface area contributed by atoms with Gasteiger partial charge < -0.3 is 34.5 Å². The highest BCUT2D eigenvalue weighted by atomic mass is 16.8. The van der Waals surface area contributed by atoms with E-state index < -0.39 is 43.3 Å². The first kappa shape index (κ1) is 18.0. The van der Waals surface area contributed by atoms with E-state index in [0.717, 1.165) is 0 Å². The number of aryl methyl sites for hydroxylation is 1. The first-order chi connectivity index (χ1) is 11.9. The summed E-state index contributed by atoms with van der Waals surface area (Å²) in [4.78, 5) is 22.3. The van der Waals surface area contributed by atoms with Gasteiger partial charge in [-0.15, -0.1) is 0 Å². The number of ether oxygens (including phenoxy) is 2. The maximum Gasteiger partial charge on any atom is 0.303 e. The van der Waals surface area contributed by atoms with E-state index in [1.807, 2.05) is 0 Å². The molecule has 1 fully saturated rings. The Balaban J connectivity index is 1.94. The van der Waals surface area contributed by atoms with Gasteiger partial charge in [0, 0.05) is 31.1 Å². The van der Waals surface area contributed by atoms with E-state index in [4.69, 9.17) is 14.6 Å². The van der Waals surface area contributed by atoms with E-state index in [0.29, 0.717) is 36.1 Å². The van der Waals surface area contributed by atoms with E-state index >= 15 is 0 Å². The van der Waals surface area contributed by atoms with Crippen LogP contribution in [-0.4, -0.2) is 68.5 Å². The summed E-state index contributed by atoms with van der Waals surface area (Å²) in [5.74, 6) is -2.27. The molecule has 4 N–H and O–H groups in total. The molecular weight excluding hydrogens is 334 g/mol. The van der Waals surface area contributed by atoms with Crippen molar-refractivity contribution in [2.24, 2.45) is 0 Å². The maximum atomic E-state index is 11.6. The highest BCUT2D eigenvalue weighted by molar-refractivity contribution is 5.76. The van der Waals surface area contributed by atoms with Crippen LogP contribution in [0.25, 0.3) is 0 Å². The number of carbonyl (C=O) groups excluding carboxylic acids is 1. The minimum atomic E-state index is -1.36. The quantitative estimate of drug-likeness (QED) is 0.446. The fourth-order valence-corrected chi connectivity index (χ4v) is 3.54. The summed E-state index contributed by atoms with van der Waals surface area (Å²) in [5.41, 5.74) is 1.69. The molecule has 138 valence electrons. The molecule has 1 aromatic heterocycles. The standard InChI is InChI=1S/C16H21NO8/c18-6-11-9-4-16(8-20)24-14(15(25-16)12(21)7-19)10(9)5-17(11)3-1-2-13(22)23/h5-6,12,14-15,19-21H,1-4,7-8H2,(H,22,23). The van der Waals surface area contributed by atoms with Gasteiger partial charge in [-0.05, 0) is 12.0 Å². The highest BCUT2D eigenvalue weighted by Crippen LogP contribution is 2.48. The number of aldehydes is 1. The number of aliphatic hydroxyl groups excluding tert-OH is 3. The van der Waals surface area contributed by atoms with Crippen LogP contribution in [0, 0.1) is 0 Å². The van der Waals surface area contributed by atoms with Crippen molar-refractivity contribution in [1.29, 1.82) is 0 Å². The van der Waals surface area contributed by atoms with Gasteiger partial charge in [-0.25, -0.2) is 0 Å². The SMILES string of the molecule is O=Cc1c2c(cn1CCCC(=O)O)C1OC(CO)(C2)OC1C(O)CO. The summed E-state index contributed by atoms with van der Waals surface area (Å²) in [6, 6.07) is 0. The molecule has 2 aliphatic heterocycles. The molecule has 2 aliphatic rings. The predicted molar refractivity (Wildman–Crippen MR) is 82.0 cm³/mol. The lowest BCUT2D eigenvalue weighted by atomic mass is 9.94. The number of aliphatic carboxylic acids is 1. The molecule has 9 heteroatoms. The number of carboxylic acid groups (broad SMARTS) is 1. The number of hydrogen-bond acceptors (Lipinski definition) is 7. The lowest BCUT2D eigenvalue weighted by Crippen LogP contribution is -2.40. The number of hydrogen-bond donors (Lipinski definition) is 4. The summed E-state index contributed by atoms with van der Waals surface area (Å²) >= 11 is 0. The number of carboxylic acids is 1. The van der Waals surface area contributed by atoms with Gasteiger partial charge in [0.2, 0.25) is 0 Å². The van der Waals surface area contributed by atoms with Crippen LogP contribution in [0.1, 0.15) is 40.6 Å². The van der Waals surface area contributed by atoms with Gasteiger partial charge in [-0.1, -0.05) is 0 Å². The van der Waals surface area contributed by atoms with Crippen LogP contribution in [0.4, 0.5) is 0 Å². The molecule has 9 nitrogen and oxygen atoms in total. The molecule has 1 saturated heterocycles. The second kappa shape index (κ2) is 6.85. The summed E-state index contributed by atoms with van der Waals surface area (Å²) in [6.07, 6.45) is 0.0656. The van der Waals surface area contributed by atoms with E-state index in [9.17, 15) is 24.9 Å². The molecule has 4 unspecified atom stereocenters. The first-order valence-corrected chi connectivity index (χ1v) is 8.09. The molecule has 1 aromatic rings. The molecule has 4 atom stereocenters. The van der Waals surface area contributed by atoms with Gasteiger partial charge in [0.1, 0.15) is 18.3 Å². The van der Waals surface area contributed by atoms with Crippen molar-refractivity contribution in [2.45, 2.75) is 49.9 Å². The molecule has 0 radical (unpaired) electrons. The zero-order chi connectivity index (χ0) is 18.2. The maximum absolute atomic E-state index is 11.6. The van der Waals surface area contributed by atoms with Crippen molar-refractivity contribution in [2.75, 3.05) is 13.2 Å². The molecular formula is C16H21NO8. The van der Waals surface area contributed by atoms with Gasteiger partial charge in [0.05, 0.1) is 18.9 Å². The molecule has 0 aromatic carbocycles. The molecule has 0 saturated carbocycles. The van der Waals surface area contributed by atoms with Crippen LogP contribution >= 0.6 is 0 Å². The predicted octanol–water partition coefficient (Wildman–Crippen LogP) is -0.780. The van der Waals surface area contributed by atoms with Crippen molar-refractivity contribution in [1.82, 2.24) is 4.57 Å². The van der Waals surface area contributed by atoms with Gasteiger partial charge in [-0.2, -0.15) is 0 Å². The molecule has 25 heavy (non-hydrogen) atoms. The average molecular weight is 355 g/mol. The second-order valence-corrected chi connectivity index (χ2v) is 6.37. The third kappa shape index (κ3) is 3.09. The van der Waals surface area contributed by atoms with Gasteiger partial charge in [0.15, 0.2) is 12.1 Å². The van der Waals surface area contributed by atoms with E-state index in [2.05, 4.69) is 0 Å². The van der Waals surface area contributed by atoms with Gasteiger partial charge >= 0.3 is 5.97 Å². The van der Waals surface area contributed by atoms with E-state index in [1.54, 1.807) is 10.8 Å². The first-order valence-electron chi connectivity index (χ1n) is 8.09. The largest absolute Gasteiger partial charge is 0.481 e. The summed E-state index contributed by atoms with van der Waals surface area (Å²) in [5, 5.41) is 37.7. The number of rotatable bonds is 8. The monoisotopic (exact) mass is 355 g/mol. The molecule has 0 amide bonds. The Morgan fingerprint density at radius 2 is 2.20 bits per heavy atom. The van der Waals surface area contributed by atoms with Gasteiger partial charge in [0.25, 0.3) is 0 Å². The minimum absolute atomic E-state index is 0.0172. The Hall–Kier alpha value is -1.78.